The highest BCUT2D eigenvalue weighted by Crippen LogP contribution is 2.20. The van der Waals surface area contributed by atoms with Crippen molar-refractivity contribution >= 4 is 18.4 Å². The van der Waals surface area contributed by atoms with Crippen LogP contribution in [0.3, 0.4) is 0 Å². The van der Waals surface area contributed by atoms with Crippen molar-refractivity contribution in [2.24, 2.45) is 0 Å². The van der Waals surface area contributed by atoms with Crippen LogP contribution in [-0.4, -0.2) is 0 Å². The molecule has 0 aliphatic carbocycles. The zero-order valence-electron chi connectivity index (χ0n) is 8.55. The van der Waals surface area contributed by atoms with Gasteiger partial charge < -0.3 is 0 Å². The molecule has 0 fully saturated rings. The average Bonchev–Trinajstić information content (AvgIpc) is 2.30. The Labute approximate surface area is 90.6 Å². The summed E-state index contributed by atoms with van der Waals surface area (Å²) in [7, 11) is -1.44. The number of benzene rings is 2. The third-order valence-electron chi connectivity index (χ3n) is 2.32. The van der Waals surface area contributed by atoms with Crippen LogP contribution in [0.4, 0.5) is 0 Å². The Balaban J connectivity index is 2.42. The summed E-state index contributed by atoms with van der Waals surface area (Å²) >= 11 is 0. The van der Waals surface area contributed by atoms with Gasteiger partial charge in [0.15, 0.2) is 0 Å². The first-order valence-corrected chi connectivity index (χ1v) is 6.13. The number of aryl methyl sites for hydroxylation is 1. The molecule has 2 aromatic rings. The summed E-state index contributed by atoms with van der Waals surface area (Å²) in [4.78, 5) is 0. The Kier molecular flexibility index (Phi) is 2.94. The van der Waals surface area contributed by atoms with Gasteiger partial charge in [0.2, 0.25) is 0 Å². The number of hydrogen-bond acceptors (Lipinski definition) is 1. The van der Waals surface area contributed by atoms with Crippen LogP contribution in [0.5, 0.6) is 0 Å². The summed E-state index contributed by atoms with van der Waals surface area (Å²) in [6.07, 6.45) is 0. The van der Waals surface area contributed by atoms with Crippen LogP contribution < -0.4 is 10.6 Å². The number of rotatable bonds is 2. The van der Waals surface area contributed by atoms with Crippen molar-refractivity contribution < 1.29 is 4.57 Å². The van der Waals surface area contributed by atoms with Gasteiger partial charge >= 0.3 is 0 Å². The van der Waals surface area contributed by atoms with Crippen LogP contribution >= 0.6 is 7.80 Å². The van der Waals surface area contributed by atoms with Gasteiger partial charge in [0.05, 0.1) is 0 Å². The highest BCUT2D eigenvalue weighted by molar-refractivity contribution is 7.61. The molecule has 15 heavy (non-hydrogen) atoms. The SMILES string of the molecule is Cc1ccccc1[P](=O)c1ccccc1. The molecule has 75 valence electrons. The number of hydrogen-bond donors (Lipinski definition) is 0. The van der Waals surface area contributed by atoms with E-state index >= 15 is 0 Å². The molecule has 0 aliphatic rings. The molecule has 1 nitrogen and oxygen atoms in total. The van der Waals surface area contributed by atoms with Gasteiger partial charge in [0, 0.05) is 10.6 Å². The topological polar surface area (TPSA) is 17.1 Å². The van der Waals surface area contributed by atoms with E-state index in [-0.39, 0.29) is 0 Å². The van der Waals surface area contributed by atoms with Gasteiger partial charge in [-0.2, -0.15) is 0 Å². The fraction of sp³-hybridized carbons (Fsp3) is 0.0769. The third-order valence-corrected chi connectivity index (χ3v) is 4.03. The molecule has 2 heteroatoms. The summed E-state index contributed by atoms with van der Waals surface area (Å²) in [6, 6.07) is 17.4. The Bertz CT molecular complexity index is 477. The Morgan fingerprint density at radius 2 is 1.47 bits per heavy atom. The van der Waals surface area contributed by atoms with E-state index in [1.807, 2.05) is 61.5 Å². The summed E-state index contributed by atoms with van der Waals surface area (Å²) in [5.74, 6) is 0. The van der Waals surface area contributed by atoms with Crippen LogP contribution in [0, 0.1) is 6.92 Å². The first-order valence-electron chi connectivity index (χ1n) is 4.87. The maximum atomic E-state index is 12.2. The lowest BCUT2D eigenvalue weighted by Gasteiger charge is -2.04. The van der Waals surface area contributed by atoms with Crippen LogP contribution in [0.25, 0.3) is 0 Å². The summed E-state index contributed by atoms with van der Waals surface area (Å²) in [5, 5.41) is 1.82. The normalized spacial score (nSPS) is 11.1. The molecule has 1 atom stereocenters. The predicted octanol–water partition coefficient (Wildman–Crippen LogP) is 2.77. The van der Waals surface area contributed by atoms with E-state index in [1.54, 1.807) is 0 Å². The minimum absolute atomic E-state index is 0.891. The van der Waals surface area contributed by atoms with Crippen LogP contribution in [0.2, 0.25) is 0 Å². The van der Waals surface area contributed by atoms with Gasteiger partial charge in [-0.1, -0.05) is 36.4 Å². The Morgan fingerprint density at radius 3 is 2.13 bits per heavy atom. The molecule has 0 aliphatic heterocycles. The van der Waals surface area contributed by atoms with Crippen molar-refractivity contribution in [1.29, 1.82) is 0 Å². The van der Waals surface area contributed by atoms with Crippen LogP contribution in [0.1, 0.15) is 5.56 Å². The van der Waals surface area contributed by atoms with E-state index in [0.717, 1.165) is 16.2 Å². The van der Waals surface area contributed by atoms with Gasteiger partial charge in [-0.3, -0.25) is 4.57 Å². The fourth-order valence-electron chi connectivity index (χ4n) is 1.49. The van der Waals surface area contributed by atoms with Gasteiger partial charge in [-0.05, 0) is 30.7 Å². The average molecular weight is 215 g/mol. The standard InChI is InChI=1S/C13H12OP/c1-11-7-5-6-10-13(11)15(14)12-8-3-2-4-9-12/h2-10H,1H3. The first-order chi connectivity index (χ1) is 7.29. The smallest absolute Gasteiger partial charge is 0.136 e. The summed E-state index contributed by atoms with van der Waals surface area (Å²) in [6.45, 7) is 1.99. The minimum atomic E-state index is -1.44. The van der Waals surface area contributed by atoms with Gasteiger partial charge in [0.25, 0.3) is 0 Å². The zero-order valence-corrected chi connectivity index (χ0v) is 9.45. The third kappa shape index (κ3) is 2.14. The summed E-state index contributed by atoms with van der Waals surface area (Å²) < 4.78 is 12.2. The molecule has 2 aromatic carbocycles. The molecule has 2 rings (SSSR count). The molecule has 0 aromatic heterocycles. The predicted molar refractivity (Wildman–Crippen MR) is 64.5 cm³/mol. The van der Waals surface area contributed by atoms with Gasteiger partial charge in [-0.15, -0.1) is 0 Å². The Morgan fingerprint density at radius 1 is 0.867 bits per heavy atom. The molecule has 0 heterocycles. The lowest BCUT2D eigenvalue weighted by molar-refractivity contribution is 0.598. The molecule has 0 saturated carbocycles. The maximum absolute atomic E-state index is 12.2. The van der Waals surface area contributed by atoms with E-state index in [4.69, 9.17) is 0 Å². The van der Waals surface area contributed by atoms with E-state index in [9.17, 15) is 4.57 Å². The van der Waals surface area contributed by atoms with Crippen molar-refractivity contribution in [3.63, 3.8) is 0 Å². The quantitative estimate of drug-likeness (QED) is 0.704. The van der Waals surface area contributed by atoms with E-state index in [0.29, 0.717) is 0 Å². The molecule has 0 bridgehead atoms. The maximum Gasteiger partial charge on any atom is 0.136 e. The second-order valence-electron chi connectivity index (χ2n) is 3.42. The van der Waals surface area contributed by atoms with E-state index in [2.05, 4.69) is 0 Å². The molecule has 0 saturated heterocycles. The van der Waals surface area contributed by atoms with Crippen molar-refractivity contribution in [3.8, 4) is 0 Å². The molecule has 0 spiro atoms. The minimum Gasteiger partial charge on any atom is -0.277 e. The second kappa shape index (κ2) is 4.37. The van der Waals surface area contributed by atoms with Crippen LogP contribution in [0.15, 0.2) is 54.6 Å². The van der Waals surface area contributed by atoms with E-state index < -0.39 is 7.80 Å². The lowest BCUT2D eigenvalue weighted by atomic mass is 10.2. The largest absolute Gasteiger partial charge is 0.277 e. The van der Waals surface area contributed by atoms with Gasteiger partial charge in [-0.25, -0.2) is 0 Å². The zero-order chi connectivity index (χ0) is 10.7. The molecule has 1 radical (unpaired) electrons. The molecular weight excluding hydrogens is 203 g/mol. The first kappa shape index (κ1) is 10.1. The monoisotopic (exact) mass is 215 g/mol. The highest BCUT2D eigenvalue weighted by Gasteiger charge is 2.08. The summed E-state index contributed by atoms with van der Waals surface area (Å²) in [5.41, 5.74) is 1.09. The molecule has 0 N–H and O–H groups in total. The molecular formula is C13H12OP. The van der Waals surface area contributed by atoms with E-state index in [1.165, 1.54) is 0 Å². The Hall–Kier alpha value is -1.46. The lowest BCUT2D eigenvalue weighted by Crippen LogP contribution is -2.08. The van der Waals surface area contributed by atoms with Crippen molar-refractivity contribution in [3.05, 3.63) is 60.2 Å². The highest BCUT2D eigenvalue weighted by atomic mass is 31.1. The second-order valence-corrected chi connectivity index (χ2v) is 5.00. The molecule has 0 amide bonds. The fourth-order valence-corrected chi connectivity index (χ4v) is 2.83. The van der Waals surface area contributed by atoms with Crippen molar-refractivity contribution in [1.82, 2.24) is 0 Å². The van der Waals surface area contributed by atoms with Crippen molar-refractivity contribution in [2.75, 3.05) is 0 Å². The van der Waals surface area contributed by atoms with Gasteiger partial charge in [0.1, 0.15) is 7.80 Å². The molecule has 1 unspecified atom stereocenters. The van der Waals surface area contributed by atoms with Crippen molar-refractivity contribution in [2.45, 2.75) is 6.92 Å². The van der Waals surface area contributed by atoms with Crippen LogP contribution in [-0.2, 0) is 4.57 Å².